The molecule has 2 heterocycles. The van der Waals surface area contributed by atoms with E-state index in [1.165, 1.54) is 12.1 Å². The third kappa shape index (κ3) is 2.60. The maximum absolute atomic E-state index is 13.3. The molecule has 1 aromatic carbocycles. The molecule has 1 unspecified atom stereocenters. The predicted molar refractivity (Wildman–Crippen MR) is 75.2 cm³/mol. The van der Waals surface area contributed by atoms with Gasteiger partial charge >= 0.3 is 0 Å². The summed E-state index contributed by atoms with van der Waals surface area (Å²) in [6.07, 6.45) is 1.35. The molecule has 1 aliphatic rings. The molecule has 21 heavy (non-hydrogen) atoms. The first-order valence-electron chi connectivity index (χ1n) is 6.73. The van der Waals surface area contributed by atoms with Gasteiger partial charge in [-0.15, -0.1) is 0 Å². The van der Waals surface area contributed by atoms with Gasteiger partial charge < -0.3 is 9.64 Å². The van der Waals surface area contributed by atoms with Crippen molar-refractivity contribution in [3.05, 3.63) is 47.4 Å². The quantitative estimate of drug-likeness (QED) is 0.847. The summed E-state index contributed by atoms with van der Waals surface area (Å²) in [6.45, 7) is 1.77. The van der Waals surface area contributed by atoms with Crippen molar-refractivity contribution >= 4 is 5.82 Å². The summed E-state index contributed by atoms with van der Waals surface area (Å²) >= 11 is 0. The number of aryl methyl sites for hydroxylation is 1. The van der Waals surface area contributed by atoms with E-state index < -0.39 is 0 Å². The first-order valence-corrected chi connectivity index (χ1v) is 6.73. The zero-order chi connectivity index (χ0) is 14.8. The van der Waals surface area contributed by atoms with Gasteiger partial charge in [0.2, 0.25) is 0 Å². The molecule has 1 fully saturated rings. The highest BCUT2D eigenvalue weighted by Crippen LogP contribution is 2.27. The van der Waals surface area contributed by atoms with E-state index in [0.29, 0.717) is 25.3 Å². The number of halogens is 1. The fourth-order valence-electron chi connectivity index (χ4n) is 2.64. The Kier molecular flexibility index (Phi) is 3.59. The summed E-state index contributed by atoms with van der Waals surface area (Å²) in [5, 5.41) is 13.3. The second-order valence-electron chi connectivity index (χ2n) is 4.98. The highest BCUT2D eigenvalue weighted by Gasteiger charge is 2.26. The zero-order valence-electron chi connectivity index (χ0n) is 11.7. The lowest BCUT2D eigenvalue weighted by Gasteiger charge is -2.34. The average molecular weight is 286 g/mol. The summed E-state index contributed by atoms with van der Waals surface area (Å²) in [7, 11) is 1.81. The molecule has 1 aromatic heterocycles. The first-order chi connectivity index (χ1) is 10.2. The molecule has 0 amide bonds. The first kappa shape index (κ1) is 13.6. The van der Waals surface area contributed by atoms with E-state index in [-0.39, 0.29) is 11.9 Å². The van der Waals surface area contributed by atoms with E-state index in [1.54, 1.807) is 16.9 Å². The Morgan fingerprint density at radius 1 is 1.48 bits per heavy atom. The van der Waals surface area contributed by atoms with Gasteiger partial charge in [0.15, 0.2) is 0 Å². The van der Waals surface area contributed by atoms with Crippen molar-refractivity contribution in [2.75, 3.05) is 24.6 Å². The van der Waals surface area contributed by atoms with Crippen LogP contribution in [0.3, 0.4) is 0 Å². The highest BCUT2D eigenvalue weighted by atomic mass is 19.1. The second kappa shape index (κ2) is 5.54. The van der Waals surface area contributed by atoms with Crippen molar-refractivity contribution in [3.63, 3.8) is 0 Å². The fourth-order valence-corrected chi connectivity index (χ4v) is 2.64. The van der Waals surface area contributed by atoms with Gasteiger partial charge in [-0.1, -0.05) is 12.1 Å². The largest absolute Gasteiger partial charge is 0.370 e. The van der Waals surface area contributed by atoms with E-state index >= 15 is 0 Å². The van der Waals surface area contributed by atoms with Crippen LogP contribution in [0.1, 0.15) is 17.2 Å². The number of ether oxygens (including phenoxy) is 1. The van der Waals surface area contributed by atoms with Crippen LogP contribution in [0.5, 0.6) is 0 Å². The van der Waals surface area contributed by atoms with Crippen LogP contribution < -0.4 is 4.90 Å². The number of nitriles is 1. The summed E-state index contributed by atoms with van der Waals surface area (Å²) in [5.74, 6) is 0.508. The van der Waals surface area contributed by atoms with Gasteiger partial charge in [-0.2, -0.15) is 10.4 Å². The van der Waals surface area contributed by atoms with Crippen molar-refractivity contribution < 1.29 is 9.13 Å². The van der Waals surface area contributed by atoms with Crippen molar-refractivity contribution in [2.45, 2.75) is 6.10 Å². The number of benzene rings is 1. The van der Waals surface area contributed by atoms with Crippen LogP contribution in [0.4, 0.5) is 10.2 Å². The van der Waals surface area contributed by atoms with Crippen LogP contribution in [-0.4, -0.2) is 29.5 Å². The molecule has 0 radical (unpaired) electrons. The number of hydrogen-bond acceptors (Lipinski definition) is 4. The SMILES string of the molecule is Cn1ncc(C#N)c1N1CCOC(c2cccc(F)c2)C1. The number of morpholine rings is 1. The molecule has 0 N–H and O–H groups in total. The molecule has 6 heteroatoms. The van der Waals surface area contributed by atoms with E-state index in [0.717, 1.165) is 11.4 Å². The molecular weight excluding hydrogens is 271 g/mol. The maximum atomic E-state index is 13.3. The molecule has 0 spiro atoms. The number of anilines is 1. The van der Waals surface area contributed by atoms with Crippen LogP contribution in [-0.2, 0) is 11.8 Å². The molecular formula is C15H15FN4O. The Morgan fingerprint density at radius 2 is 2.33 bits per heavy atom. The van der Waals surface area contributed by atoms with Crippen molar-refractivity contribution in [1.29, 1.82) is 5.26 Å². The molecule has 0 saturated carbocycles. The Hall–Kier alpha value is -2.39. The number of aromatic nitrogens is 2. The molecule has 1 atom stereocenters. The van der Waals surface area contributed by atoms with Gasteiger partial charge in [-0.3, -0.25) is 4.68 Å². The summed E-state index contributed by atoms with van der Waals surface area (Å²) in [6, 6.07) is 8.59. The molecule has 0 aliphatic carbocycles. The number of hydrogen-bond donors (Lipinski definition) is 0. The molecule has 1 aliphatic heterocycles. The predicted octanol–water partition coefficient (Wildman–Crippen LogP) is 2.01. The monoisotopic (exact) mass is 286 g/mol. The van der Waals surface area contributed by atoms with Crippen LogP contribution in [0.2, 0.25) is 0 Å². The molecule has 3 rings (SSSR count). The van der Waals surface area contributed by atoms with Gasteiger partial charge in [-0.05, 0) is 17.7 Å². The normalized spacial score (nSPS) is 18.5. The topological polar surface area (TPSA) is 54.1 Å². The average Bonchev–Trinajstić information content (AvgIpc) is 2.88. The summed E-state index contributed by atoms with van der Waals surface area (Å²) in [5.41, 5.74) is 1.35. The summed E-state index contributed by atoms with van der Waals surface area (Å²) in [4.78, 5) is 2.06. The number of nitrogens with zero attached hydrogens (tertiary/aromatic N) is 4. The van der Waals surface area contributed by atoms with Crippen molar-refractivity contribution in [2.24, 2.45) is 7.05 Å². The van der Waals surface area contributed by atoms with E-state index in [1.807, 2.05) is 13.1 Å². The lowest BCUT2D eigenvalue weighted by atomic mass is 10.1. The van der Waals surface area contributed by atoms with E-state index in [4.69, 9.17) is 4.74 Å². The minimum atomic E-state index is -0.272. The van der Waals surface area contributed by atoms with E-state index in [9.17, 15) is 9.65 Å². The lowest BCUT2D eigenvalue weighted by molar-refractivity contribution is 0.0391. The molecule has 0 bridgehead atoms. The molecule has 1 saturated heterocycles. The Bertz CT molecular complexity index is 691. The van der Waals surface area contributed by atoms with Crippen LogP contribution >= 0.6 is 0 Å². The van der Waals surface area contributed by atoms with Gasteiger partial charge in [-0.25, -0.2) is 4.39 Å². The highest BCUT2D eigenvalue weighted by molar-refractivity contribution is 5.54. The molecule has 2 aromatic rings. The Balaban J connectivity index is 1.86. The Labute approximate surface area is 122 Å². The third-order valence-electron chi connectivity index (χ3n) is 3.61. The van der Waals surface area contributed by atoms with E-state index in [2.05, 4.69) is 16.1 Å². The van der Waals surface area contributed by atoms with Crippen LogP contribution in [0, 0.1) is 17.1 Å². The summed E-state index contributed by atoms with van der Waals surface area (Å²) < 4.78 is 20.8. The molecule has 108 valence electrons. The molecule has 5 nitrogen and oxygen atoms in total. The Morgan fingerprint density at radius 3 is 3.10 bits per heavy atom. The standard InChI is InChI=1S/C15H15FN4O/c1-19-15(12(8-17)9-18-19)20-5-6-21-14(10-20)11-3-2-4-13(16)7-11/h2-4,7,9,14H,5-6,10H2,1H3. The van der Waals surface area contributed by atoms with Gasteiger partial charge in [0, 0.05) is 20.1 Å². The lowest BCUT2D eigenvalue weighted by Crippen LogP contribution is -2.39. The van der Waals surface area contributed by atoms with Gasteiger partial charge in [0.25, 0.3) is 0 Å². The van der Waals surface area contributed by atoms with Crippen LogP contribution in [0.15, 0.2) is 30.5 Å². The van der Waals surface area contributed by atoms with Gasteiger partial charge in [0.05, 0.1) is 12.8 Å². The fraction of sp³-hybridized carbons (Fsp3) is 0.333. The minimum Gasteiger partial charge on any atom is -0.370 e. The second-order valence-corrected chi connectivity index (χ2v) is 4.98. The third-order valence-corrected chi connectivity index (χ3v) is 3.61. The van der Waals surface area contributed by atoms with Crippen molar-refractivity contribution in [1.82, 2.24) is 9.78 Å². The zero-order valence-corrected chi connectivity index (χ0v) is 11.7. The van der Waals surface area contributed by atoms with Gasteiger partial charge in [0.1, 0.15) is 29.4 Å². The minimum absolute atomic E-state index is 0.212. The van der Waals surface area contributed by atoms with Crippen LogP contribution in [0.25, 0.3) is 0 Å². The van der Waals surface area contributed by atoms with Crippen molar-refractivity contribution in [3.8, 4) is 6.07 Å². The smallest absolute Gasteiger partial charge is 0.144 e. The maximum Gasteiger partial charge on any atom is 0.144 e. The number of rotatable bonds is 2.